The molecule has 0 unspecified atom stereocenters. The van der Waals surface area contributed by atoms with Crippen LogP contribution in [0.1, 0.15) is 291 Å². The molecule has 0 atom stereocenters. The van der Waals surface area contributed by atoms with Crippen LogP contribution in [0.3, 0.4) is 0 Å². The van der Waals surface area contributed by atoms with Crippen LogP contribution >= 0.6 is 0 Å². The van der Waals surface area contributed by atoms with Crippen LogP contribution in [0.4, 0.5) is 0 Å². The summed E-state index contributed by atoms with van der Waals surface area (Å²) in [6.07, 6.45) is 37.8. The molecule has 0 radical (unpaired) electrons. The smallest absolute Gasteiger partial charge is 0.305 e. The van der Waals surface area contributed by atoms with Crippen LogP contribution < -0.4 is 0 Å². The minimum atomic E-state index is -1.33. The predicted molar refractivity (Wildman–Crippen MR) is 291 cm³/mol. The molecular formula is C60H112O12. The summed E-state index contributed by atoms with van der Waals surface area (Å²) in [6, 6.07) is 0. The zero-order valence-electron chi connectivity index (χ0n) is 47.4. The number of carbonyl (C=O) groups is 5. The Morgan fingerprint density at radius 2 is 0.444 bits per heavy atom. The van der Waals surface area contributed by atoms with Crippen LogP contribution in [0.25, 0.3) is 0 Å². The number of esters is 5. The van der Waals surface area contributed by atoms with Crippen molar-refractivity contribution in [3.05, 3.63) is 0 Å². The molecule has 0 rings (SSSR count). The monoisotopic (exact) mass is 1020 g/mol. The van der Waals surface area contributed by atoms with Crippen molar-refractivity contribution in [3.63, 3.8) is 0 Å². The fourth-order valence-corrected chi connectivity index (χ4v) is 8.66. The van der Waals surface area contributed by atoms with E-state index in [1.54, 1.807) is 0 Å². The number of hydrogen-bond acceptors (Lipinski definition) is 12. The summed E-state index contributed by atoms with van der Waals surface area (Å²) < 4.78 is 35.8. The molecule has 0 bridgehead atoms. The second-order valence-electron chi connectivity index (χ2n) is 21.3. The van der Waals surface area contributed by atoms with Crippen molar-refractivity contribution in [3.8, 4) is 0 Å². The minimum Gasteiger partial charge on any atom is -0.465 e. The molecule has 0 aromatic heterocycles. The van der Waals surface area contributed by atoms with Gasteiger partial charge in [0.05, 0.1) is 30.7 Å². The summed E-state index contributed by atoms with van der Waals surface area (Å²) in [5.41, 5.74) is -2.63. The van der Waals surface area contributed by atoms with Crippen LogP contribution in [0.15, 0.2) is 0 Å². The normalized spacial score (nSPS) is 11.7. The molecule has 0 heterocycles. The van der Waals surface area contributed by atoms with Crippen molar-refractivity contribution < 1.29 is 57.5 Å². The molecule has 0 fully saturated rings. The summed E-state index contributed by atoms with van der Waals surface area (Å²) in [4.78, 5) is 66.1. The highest BCUT2D eigenvalue weighted by Crippen LogP contribution is 2.27. The van der Waals surface area contributed by atoms with Crippen LogP contribution in [0, 0.1) is 10.8 Å². The largest absolute Gasteiger partial charge is 0.465 e. The van der Waals surface area contributed by atoms with Gasteiger partial charge in [0, 0.05) is 32.1 Å². The van der Waals surface area contributed by atoms with E-state index < -0.39 is 47.3 Å². The summed E-state index contributed by atoms with van der Waals surface area (Å²) in [6.45, 7) is 8.73. The van der Waals surface area contributed by atoms with Gasteiger partial charge in [-0.3, -0.25) is 24.0 Å². The number of aliphatic hydroxyl groups is 1. The van der Waals surface area contributed by atoms with E-state index in [4.69, 9.17) is 28.4 Å². The van der Waals surface area contributed by atoms with E-state index in [-0.39, 0.29) is 78.4 Å². The number of carbonyl (C=O) groups excluding carboxylic acids is 5. The number of rotatable bonds is 55. The van der Waals surface area contributed by atoms with Gasteiger partial charge in [0.25, 0.3) is 0 Å². The minimum absolute atomic E-state index is 0.202. The van der Waals surface area contributed by atoms with Crippen LogP contribution in [-0.4, -0.2) is 87.8 Å². The first-order valence-electron chi connectivity index (χ1n) is 30.0. The average Bonchev–Trinajstić information content (AvgIpc) is 3.38. The molecule has 0 amide bonds. The Bertz CT molecular complexity index is 1170. The first kappa shape index (κ1) is 69.3. The molecule has 424 valence electrons. The second-order valence-corrected chi connectivity index (χ2v) is 21.3. The predicted octanol–water partition coefficient (Wildman–Crippen LogP) is 15.4. The fraction of sp³-hybridized carbons (Fsp3) is 0.917. The van der Waals surface area contributed by atoms with Gasteiger partial charge in [0.2, 0.25) is 0 Å². The van der Waals surface area contributed by atoms with Gasteiger partial charge in [-0.25, -0.2) is 0 Å². The molecule has 1 N–H and O–H groups in total. The van der Waals surface area contributed by atoms with Crippen molar-refractivity contribution in [2.75, 3.05) is 52.9 Å². The standard InChI is InChI=1S/C60H112O12/c1-6-11-16-21-26-31-36-41-54(62)68-49-59(46-61,50-69-55(63)42-37-32-27-22-17-12-7-2)47-67-48-60(51-70-56(64)43-38-33-28-23-18-13-8-3,52-71-57(65)44-39-34-29-24-19-14-9-4)53-72-58(66)45-40-35-30-25-20-15-10-5/h61H,6-53H2,1-5H3. The Morgan fingerprint density at radius 3 is 0.653 bits per heavy atom. The van der Waals surface area contributed by atoms with Crippen molar-refractivity contribution >= 4 is 29.8 Å². The molecular weight excluding hydrogens is 913 g/mol. The van der Waals surface area contributed by atoms with Gasteiger partial charge >= 0.3 is 29.8 Å². The third kappa shape index (κ3) is 42.6. The lowest BCUT2D eigenvalue weighted by molar-refractivity contribution is -0.172. The molecule has 0 aromatic carbocycles. The quantitative estimate of drug-likeness (QED) is 0.0349. The van der Waals surface area contributed by atoms with E-state index in [9.17, 15) is 29.1 Å². The number of unbranched alkanes of at least 4 members (excludes halogenated alkanes) is 30. The van der Waals surface area contributed by atoms with Gasteiger partial charge in [-0.1, -0.05) is 227 Å². The Balaban J connectivity index is 6.39. The summed E-state index contributed by atoms with van der Waals surface area (Å²) in [5, 5.41) is 11.0. The SMILES string of the molecule is CCCCCCCCCC(=O)OCC(CO)(COCC(COC(=O)CCCCCCCCC)(COC(=O)CCCCCCCCC)COC(=O)CCCCCCCCC)COC(=O)CCCCCCCCC. The lowest BCUT2D eigenvalue weighted by Gasteiger charge is -2.35. The highest BCUT2D eigenvalue weighted by atomic mass is 16.6. The molecule has 72 heavy (non-hydrogen) atoms. The first-order chi connectivity index (χ1) is 35.0. The van der Waals surface area contributed by atoms with E-state index in [0.29, 0.717) is 32.1 Å². The molecule has 0 aliphatic carbocycles. The van der Waals surface area contributed by atoms with Crippen molar-refractivity contribution in [2.24, 2.45) is 10.8 Å². The van der Waals surface area contributed by atoms with Gasteiger partial charge in [-0.05, 0) is 32.1 Å². The molecule has 0 aromatic rings. The maximum atomic E-state index is 13.3. The summed E-state index contributed by atoms with van der Waals surface area (Å²) in [5.74, 6) is -2.01. The number of aliphatic hydroxyl groups excluding tert-OH is 1. The van der Waals surface area contributed by atoms with Gasteiger partial charge < -0.3 is 33.5 Å². The van der Waals surface area contributed by atoms with Crippen LogP contribution in [-0.2, 0) is 52.4 Å². The summed E-state index contributed by atoms with van der Waals surface area (Å²) in [7, 11) is 0. The molecule has 0 spiro atoms. The Labute approximate surface area is 441 Å². The van der Waals surface area contributed by atoms with Gasteiger partial charge in [0.15, 0.2) is 0 Å². The van der Waals surface area contributed by atoms with Crippen LogP contribution in [0.5, 0.6) is 0 Å². The zero-order valence-corrected chi connectivity index (χ0v) is 47.4. The number of hydrogen-bond donors (Lipinski definition) is 1. The zero-order chi connectivity index (χ0) is 53.1. The topological polar surface area (TPSA) is 161 Å². The third-order valence-electron chi connectivity index (χ3n) is 13.8. The fourth-order valence-electron chi connectivity index (χ4n) is 8.66. The molecule has 0 aliphatic heterocycles. The van der Waals surface area contributed by atoms with Gasteiger partial charge in [-0.2, -0.15) is 0 Å². The summed E-state index contributed by atoms with van der Waals surface area (Å²) >= 11 is 0. The van der Waals surface area contributed by atoms with Crippen molar-refractivity contribution in [2.45, 2.75) is 291 Å². The molecule has 0 saturated heterocycles. The van der Waals surface area contributed by atoms with E-state index in [1.165, 1.54) is 96.3 Å². The van der Waals surface area contributed by atoms with Gasteiger partial charge in [-0.15, -0.1) is 0 Å². The molecule has 0 saturated carbocycles. The second kappa shape index (κ2) is 50.4. The Morgan fingerprint density at radius 1 is 0.264 bits per heavy atom. The molecule has 12 nitrogen and oxygen atoms in total. The Kier molecular flexibility index (Phi) is 48.5. The average molecular weight is 1030 g/mol. The maximum absolute atomic E-state index is 13.3. The lowest BCUT2D eigenvalue weighted by Crippen LogP contribution is -2.46. The Hall–Kier alpha value is -2.73. The first-order valence-corrected chi connectivity index (χ1v) is 30.0. The molecule has 0 aliphatic rings. The lowest BCUT2D eigenvalue weighted by atomic mass is 9.90. The number of ether oxygens (including phenoxy) is 6. The van der Waals surface area contributed by atoms with Gasteiger partial charge in [0.1, 0.15) is 33.0 Å². The highest BCUT2D eigenvalue weighted by Gasteiger charge is 2.40. The molecule has 12 heteroatoms. The van der Waals surface area contributed by atoms with E-state index in [1.807, 2.05) is 0 Å². The maximum Gasteiger partial charge on any atom is 0.305 e. The van der Waals surface area contributed by atoms with Crippen molar-refractivity contribution in [1.29, 1.82) is 0 Å². The van der Waals surface area contributed by atoms with Crippen LogP contribution in [0.2, 0.25) is 0 Å². The van der Waals surface area contributed by atoms with E-state index in [0.717, 1.165) is 96.3 Å². The highest BCUT2D eigenvalue weighted by molar-refractivity contribution is 5.71. The van der Waals surface area contributed by atoms with E-state index in [2.05, 4.69) is 34.6 Å². The third-order valence-corrected chi connectivity index (χ3v) is 13.8. The van der Waals surface area contributed by atoms with E-state index >= 15 is 0 Å². The van der Waals surface area contributed by atoms with Crippen molar-refractivity contribution in [1.82, 2.24) is 0 Å².